The van der Waals surface area contributed by atoms with Crippen molar-refractivity contribution in [3.05, 3.63) is 41.3 Å². The molecule has 4 nitrogen and oxygen atoms in total. The lowest BCUT2D eigenvalue weighted by atomic mass is 10.2. The van der Waals surface area contributed by atoms with Crippen molar-refractivity contribution in [3.63, 3.8) is 0 Å². The van der Waals surface area contributed by atoms with Gasteiger partial charge >= 0.3 is 5.97 Å². The van der Waals surface area contributed by atoms with Gasteiger partial charge in [-0.2, -0.15) is 0 Å². The lowest BCUT2D eigenvalue weighted by Gasteiger charge is -2.00. The van der Waals surface area contributed by atoms with E-state index in [1.54, 1.807) is 6.07 Å². The van der Waals surface area contributed by atoms with Crippen molar-refractivity contribution >= 4 is 34.5 Å². The van der Waals surface area contributed by atoms with Crippen molar-refractivity contribution in [1.82, 2.24) is 9.97 Å². The van der Waals surface area contributed by atoms with E-state index in [4.69, 9.17) is 16.7 Å². The lowest BCUT2D eigenvalue weighted by molar-refractivity contribution is -0.131. The van der Waals surface area contributed by atoms with Gasteiger partial charge in [0.2, 0.25) is 0 Å². The Morgan fingerprint density at radius 2 is 2.06 bits per heavy atom. The number of fused-ring (bicyclic) bond motifs is 1. The smallest absolute Gasteiger partial charge is 0.328 e. The van der Waals surface area contributed by atoms with E-state index in [0.717, 1.165) is 11.5 Å². The minimum atomic E-state index is -1.05. The Kier molecular flexibility index (Phi) is 2.83. The number of halogens is 1. The maximum atomic E-state index is 10.3. The monoisotopic (exact) mass is 234 g/mol. The Bertz CT molecular complexity index is 581. The first-order chi connectivity index (χ1) is 7.66. The Balaban J connectivity index is 2.54. The van der Waals surface area contributed by atoms with Gasteiger partial charge in [-0.25, -0.2) is 14.8 Å². The summed E-state index contributed by atoms with van der Waals surface area (Å²) in [5.74, 6) is -0.765. The van der Waals surface area contributed by atoms with Crippen molar-refractivity contribution in [2.24, 2.45) is 0 Å². The molecule has 0 unspecified atom stereocenters. The predicted octanol–water partition coefficient (Wildman–Crippen LogP) is 2.38. The molecular formula is C11H7ClN2O2. The highest BCUT2D eigenvalue weighted by atomic mass is 35.5. The third-order valence-electron chi connectivity index (χ3n) is 1.95. The van der Waals surface area contributed by atoms with Gasteiger partial charge in [0.1, 0.15) is 5.15 Å². The Labute approximate surface area is 96.2 Å². The second-order valence-electron chi connectivity index (χ2n) is 3.06. The molecule has 1 aromatic carbocycles. The molecular weight excluding hydrogens is 228 g/mol. The van der Waals surface area contributed by atoms with E-state index in [0.29, 0.717) is 10.7 Å². The maximum absolute atomic E-state index is 10.3. The molecule has 0 bridgehead atoms. The Morgan fingerprint density at radius 1 is 1.31 bits per heavy atom. The summed E-state index contributed by atoms with van der Waals surface area (Å²) in [6.07, 6.45) is 2.28. The van der Waals surface area contributed by atoms with Gasteiger partial charge in [-0.1, -0.05) is 23.7 Å². The normalized spacial score (nSPS) is 11.1. The van der Waals surface area contributed by atoms with Crippen LogP contribution in [0.3, 0.4) is 0 Å². The van der Waals surface area contributed by atoms with E-state index >= 15 is 0 Å². The van der Waals surface area contributed by atoms with Crippen LogP contribution < -0.4 is 0 Å². The number of hydrogen-bond donors (Lipinski definition) is 1. The number of para-hydroxylation sites is 1. The molecule has 1 heterocycles. The number of rotatable bonds is 2. The molecule has 16 heavy (non-hydrogen) atoms. The largest absolute Gasteiger partial charge is 0.478 e. The van der Waals surface area contributed by atoms with Crippen molar-refractivity contribution in [3.8, 4) is 0 Å². The van der Waals surface area contributed by atoms with Crippen molar-refractivity contribution in [1.29, 1.82) is 0 Å². The second-order valence-corrected chi connectivity index (χ2v) is 3.42. The minimum Gasteiger partial charge on any atom is -0.478 e. The van der Waals surface area contributed by atoms with E-state index < -0.39 is 5.97 Å². The fraction of sp³-hybridized carbons (Fsp3) is 0. The van der Waals surface area contributed by atoms with Gasteiger partial charge in [0.25, 0.3) is 0 Å². The minimum absolute atomic E-state index is 0.283. The van der Waals surface area contributed by atoms with Gasteiger partial charge < -0.3 is 5.11 Å². The summed E-state index contributed by atoms with van der Waals surface area (Å²) in [5, 5.41) is 9.54. The molecule has 0 aliphatic carbocycles. The molecule has 0 spiro atoms. The summed E-state index contributed by atoms with van der Waals surface area (Å²) in [6.45, 7) is 0. The van der Waals surface area contributed by atoms with Crippen LogP contribution in [0.2, 0.25) is 5.15 Å². The van der Waals surface area contributed by atoms with E-state index in [2.05, 4.69) is 9.97 Å². The van der Waals surface area contributed by atoms with Crippen molar-refractivity contribution in [2.45, 2.75) is 0 Å². The highest BCUT2D eigenvalue weighted by Crippen LogP contribution is 2.19. The van der Waals surface area contributed by atoms with Crippen LogP contribution in [0.1, 0.15) is 5.82 Å². The zero-order valence-electron chi connectivity index (χ0n) is 8.09. The quantitative estimate of drug-likeness (QED) is 0.640. The number of aliphatic carboxylic acids is 1. The molecule has 5 heteroatoms. The number of carboxylic acid groups (broad SMARTS) is 1. The Hall–Kier alpha value is -1.94. The zero-order chi connectivity index (χ0) is 11.5. The summed E-state index contributed by atoms with van der Waals surface area (Å²) in [6, 6.07) is 7.27. The average Bonchev–Trinajstić information content (AvgIpc) is 2.26. The molecule has 0 amide bonds. The summed E-state index contributed by atoms with van der Waals surface area (Å²) in [7, 11) is 0. The Morgan fingerprint density at radius 3 is 2.81 bits per heavy atom. The van der Waals surface area contributed by atoms with Crippen LogP contribution in [0, 0.1) is 0 Å². The molecule has 1 aromatic heterocycles. The third-order valence-corrected chi connectivity index (χ3v) is 2.24. The standard InChI is InChI=1S/C11H7ClN2O2/c12-11-7-3-1-2-4-8(7)13-9(14-11)5-6-10(15)16/h1-6H,(H,15,16)/b6-5+. The first-order valence-electron chi connectivity index (χ1n) is 4.50. The molecule has 0 atom stereocenters. The molecule has 0 aliphatic rings. The summed E-state index contributed by atoms with van der Waals surface area (Å²) in [4.78, 5) is 18.5. The van der Waals surface area contributed by atoms with Crippen LogP contribution in [-0.4, -0.2) is 21.0 Å². The molecule has 0 radical (unpaired) electrons. The molecule has 0 saturated heterocycles. The number of benzene rings is 1. The summed E-state index contributed by atoms with van der Waals surface area (Å²) < 4.78 is 0. The molecule has 2 rings (SSSR count). The molecule has 0 saturated carbocycles. The van der Waals surface area contributed by atoms with Crippen LogP contribution in [0.4, 0.5) is 0 Å². The molecule has 0 fully saturated rings. The highest BCUT2D eigenvalue weighted by Gasteiger charge is 2.03. The van der Waals surface area contributed by atoms with Gasteiger partial charge in [-0.05, 0) is 18.2 Å². The summed E-state index contributed by atoms with van der Waals surface area (Å²) >= 11 is 5.95. The summed E-state index contributed by atoms with van der Waals surface area (Å²) in [5.41, 5.74) is 0.688. The van der Waals surface area contributed by atoms with Crippen LogP contribution >= 0.6 is 11.6 Å². The molecule has 1 N–H and O–H groups in total. The highest BCUT2D eigenvalue weighted by molar-refractivity contribution is 6.34. The first-order valence-corrected chi connectivity index (χ1v) is 4.88. The first kappa shape index (κ1) is 10.6. The third kappa shape index (κ3) is 2.17. The molecule has 0 aliphatic heterocycles. The fourth-order valence-corrected chi connectivity index (χ4v) is 1.52. The van der Waals surface area contributed by atoms with Gasteiger partial charge in [0.05, 0.1) is 5.52 Å². The van der Waals surface area contributed by atoms with E-state index in [1.807, 2.05) is 18.2 Å². The zero-order valence-corrected chi connectivity index (χ0v) is 8.85. The number of nitrogens with zero attached hydrogens (tertiary/aromatic N) is 2. The van der Waals surface area contributed by atoms with Crippen LogP contribution in [0.25, 0.3) is 17.0 Å². The number of hydrogen-bond acceptors (Lipinski definition) is 3. The van der Waals surface area contributed by atoms with Gasteiger partial charge in [-0.3, -0.25) is 0 Å². The van der Waals surface area contributed by atoms with Gasteiger partial charge in [0, 0.05) is 11.5 Å². The average molecular weight is 235 g/mol. The molecule has 80 valence electrons. The maximum Gasteiger partial charge on any atom is 0.328 e. The van der Waals surface area contributed by atoms with Crippen LogP contribution in [-0.2, 0) is 4.79 Å². The SMILES string of the molecule is O=C(O)/C=C/c1nc(Cl)c2ccccc2n1. The van der Waals surface area contributed by atoms with Crippen molar-refractivity contribution in [2.75, 3.05) is 0 Å². The number of aromatic nitrogens is 2. The fourth-order valence-electron chi connectivity index (χ4n) is 1.28. The molecule has 2 aromatic rings. The van der Waals surface area contributed by atoms with Gasteiger partial charge in [0.15, 0.2) is 5.82 Å². The van der Waals surface area contributed by atoms with Crippen LogP contribution in [0.15, 0.2) is 30.3 Å². The topological polar surface area (TPSA) is 63.1 Å². The predicted molar refractivity (Wildman–Crippen MR) is 61.2 cm³/mol. The van der Waals surface area contributed by atoms with Gasteiger partial charge in [-0.15, -0.1) is 0 Å². The van der Waals surface area contributed by atoms with E-state index in [9.17, 15) is 4.79 Å². The van der Waals surface area contributed by atoms with Crippen molar-refractivity contribution < 1.29 is 9.90 Å². The number of carbonyl (C=O) groups is 1. The van der Waals surface area contributed by atoms with Crippen LogP contribution in [0.5, 0.6) is 0 Å². The van der Waals surface area contributed by atoms with E-state index in [1.165, 1.54) is 6.08 Å². The second kappa shape index (κ2) is 4.28. The lowest BCUT2D eigenvalue weighted by Crippen LogP contribution is -1.92. The van der Waals surface area contributed by atoms with E-state index in [-0.39, 0.29) is 5.82 Å². The number of carboxylic acids is 1.